The van der Waals surface area contributed by atoms with Crippen LogP contribution in [0.2, 0.25) is 0 Å². The number of nitrogens with one attached hydrogen (secondary N) is 1. The highest BCUT2D eigenvalue weighted by Gasteiger charge is 2.54. The molecule has 0 aromatic carbocycles. The van der Waals surface area contributed by atoms with Crippen molar-refractivity contribution in [2.45, 2.75) is 106 Å². The van der Waals surface area contributed by atoms with Crippen LogP contribution in [-0.4, -0.2) is 159 Å². The van der Waals surface area contributed by atoms with E-state index in [-0.39, 0.29) is 0 Å². The van der Waals surface area contributed by atoms with Gasteiger partial charge in [0, 0.05) is 14.0 Å². The lowest BCUT2D eigenvalue weighted by molar-refractivity contribution is -0.372. The summed E-state index contributed by atoms with van der Waals surface area (Å²) >= 11 is 0. The lowest BCUT2D eigenvalue weighted by Crippen LogP contribution is -2.69. The van der Waals surface area contributed by atoms with Crippen molar-refractivity contribution in [1.82, 2.24) is 5.32 Å². The van der Waals surface area contributed by atoms with Gasteiger partial charge in [-0.25, -0.2) is 0 Å². The van der Waals surface area contributed by atoms with E-state index in [2.05, 4.69) is 5.32 Å². The Morgan fingerprint density at radius 1 is 0.730 bits per heavy atom. The molecule has 0 aromatic rings. The zero-order valence-electron chi connectivity index (χ0n) is 20.5. The van der Waals surface area contributed by atoms with Crippen LogP contribution in [0.5, 0.6) is 0 Å². The summed E-state index contributed by atoms with van der Waals surface area (Å²) < 4.78 is 33.7. The van der Waals surface area contributed by atoms with Crippen LogP contribution < -0.4 is 5.32 Å². The van der Waals surface area contributed by atoms with Gasteiger partial charge in [0.05, 0.1) is 19.3 Å². The standard InChI is InChI=1S/C21H37NO15/c1-6-11(26)13(28)15(30)20(33-6)37-18-10(22-7(2)25)19(32-3)35-9(5-24)17(18)36-21-16(31)14(29)12(27)8(4-23)34-21/h6,8-21,23-24,26-31H,4-5H2,1-3H3,(H,22,25). The summed E-state index contributed by atoms with van der Waals surface area (Å²) in [5.74, 6) is -0.549. The molecule has 0 bridgehead atoms. The molecule has 1 amide bonds. The fourth-order valence-corrected chi connectivity index (χ4v) is 4.58. The molecule has 0 aliphatic carbocycles. The molecule has 3 fully saturated rings. The van der Waals surface area contributed by atoms with E-state index in [1.165, 1.54) is 21.0 Å². The Labute approximate surface area is 212 Å². The molecule has 3 heterocycles. The Morgan fingerprint density at radius 3 is 1.78 bits per heavy atom. The molecule has 37 heavy (non-hydrogen) atoms. The van der Waals surface area contributed by atoms with Gasteiger partial charge in [-0.2, -0.15) is 0 Å². The van der Waals surface area contributed by atoms with E-state index in [9.17, 15) is 45.6 Å². The van der Waals surface area contributed by atoms with Gasteiger partial charge in [-0.15, -0.1) is 0 Å². The van der Waals surface area contributed by atoms with E-state index in [1.54, 1.807) is 0 Å². The summed E-state index contributed by atoms with van der Waals surface area (Å²) in [6, 6.07) is -1.17. The van der Waals surface area contributed by atoms with Crippen molar-refractivity contribution in [1.29, 1.82) is 0 Å². The largest absolute Gasteiger partial charge is 0.394 e. The number of ether oxygens (including phenoxy) is 6. The average Bonchev–Trinajstić information content (AvgIpc) is 2.87. The quantitative estimate of drug-likeness (QED) is 0.138. The fourth-order valence-electron chi connectivity index (χ4n) is 4.58. The molecule has 3 saturated heterocycles. The summed E-state index contributed by atoms with van der Waals surface area (Å²) in [6.07, 6.45) is -20.8. The minimum absolute atomic E-state index is 0.549. The van der Waals surface area contributed by atoms with Crippen LogP contribution in [0, 0.1) is 0 Å². The number of aliphatic hydroxyl groups excluding tert-OH is 8. The highest BCUT2D eigenvalue weighted by molar-refractivity contribution is 5.73. The Hall–Kier alpha value is -1.09. The molecule has 9 N–H and O–H groups in total. The average molecular weight is 544 g/mol. The van der Waals surface area contributed by atoms with Crippen molar-refractivity contribution in [3.05, 3.63) is 0 Å². The van der Waals surface area contributed by atoms with Crippen LogP contribution in [0.1, 0.15) is 13.8 Å². The molecule has 15 atom stereocenters. The van der Waals surface area contributed by atoms with Crippen LogP contribution in [0.3, 0.4) is 0 Å². The predicted octanol–water partition coefficient (Wildman–Crippen LogP) is -5.75. The number of hydrogen-bond donors (Lipinski definition) is 9. The maximum absolute atomic E-state index is 12.0. The zero-order valence-corrected chi connectivity index (χ0v) is 20.5. The molecule has 3 aliphatic heterocycles. The van der Waals surface area contributed by atoms with E-state index in [4.69, 9.17) is 28.4 Å². The summed E-state index contributed by atoms with van der Waals surface area (Å²) in [4.78, 5) is 12.0. The first-order valence-corrected chi connectivity index (χ1v) is 11.8. The summed E-state index contributed by atoms with van der Waals surface area (Å²) in [7, 11) is 1.26. The zero-order chi connectivity index (χ0) is 27.6. The monoisotopic (exact) mass is 543 g/mol. The van der Waals surface area contributed by atoms with Gasteiger partial charge in [0.2, 0.25) is 5.91 Å². The first-order valence-electron chi connectivity index (χ1n) is 11.8. The second-order valence-electron chi connectivity index (χ2n) is 9.27. The van der Waals surface area contributed by atoms with Gasteiger partial charge >= 0.3 is 0 Å². The Kier molecular flexibility index (Phi) is 10.6. The molecule has 16 nitrogen and oxygen atoms in total. The Bertz CT molecular complexity index is 745. The van der Waals surface area contributed by atoms with Crippen molar-refractivity contribution in [3.8, 4) is 0 Å². The van der Waals surface area contributed by atoms with Gasteiger partial charge in [-0.1, -0.05) is 0 Å². The molecule has 15 unspecified atom stereocenters. The lowest BCUT2D eigenvalue weighted by atomic mass is 9.94. The molecule has 0 spiro atoms. The van der Waals surface area contributed by atoms with E-state index < -0.39 is 111 Å². The number of hydrogen-bond acceptors (Lipinski definition) is 15. The molecular weight excluding hydrogens is 506 g/mol. The summed E-state index contributed by atoms with van der Waals surface area (Å²) in [6.45, 7) is 1.21. The summed E-state index contributed by atoms with van der Waals surface area (Å²) in [5.41, 5.74) is 0. The second kappa shape index (κ2) is 12.8. The van der Waals surface area contributed by atoms with Crippen molar-refractivity contribution >= 4 is 5.91 Å². The molecule has 3 aliphatic rings. The topological polar surface area (TPSA) is 246 Å². The maximum atomic E-state index is 12.0. The third-order valence-electron chi connectivity index (χ3n) is 6.67. The third kappa shape index (κ3) is 6.39. The Balaban J connectivity index is 1.95. The van der Waals surface area contributed by atoms with Crippen molar-refractivity contribution in [2.75, 3.05) is 20.3 Å². The van der Waals surface area contributed by atoms with Crippen LogP contribution in [0.25, 0.3) is 0 Å². The van der Waals surface area contributed by atoms with Crippen molar-refractivity contribution in [3.63, 3.8) is 0 Å². The number of methoxy groups -OCH3 is 1. The second-order valence-corrected chi connectivity index (χ2v) is 9.27. The van der Waals surface area contributed by atoms with Gasteiger partial charge in [0.15, 0.2) is 18.9 Å². The highest BCUT2D eigenvalue weighted by atomic mass is 16.8. The fraction of sp³-hybridized carbons (Fsp3) is 0.952. The van der Waals surface area contributed by atoms with E-state index in [1.807, 2.05) is 0 Å². The molecule has 3 rings (SSSR count). The SMILES string of the molecule is COC1OC(CO)C(OC2OC(CO)C(O)C(O)C2O)C(OC2OC(C)C(O)C(O)C2O)C1NC(C)=O. The number of amides is 1. The van der Waals surface area contributed by atoms with Gasteiger partial charge in [0.1, 0.15) is 67.1 Å². The van der Waals surface area contributed by atoms with E-state index in [0.29, 0.717) is 0 Å². The first-order chi connectivity index (χ1) is 17.4. The molecular formula is C21H37NO15. The molecule has 16 heteroatoms. The minimum atomic E-state index is -1.81. The van der Waals surface area contributed by atoms with Gasteiger partial charge < -0.3 is 74.6 Å². The molecule has 0 aromatic heterocycles. The van der Waals surface area contributed by atoms with Crippen LogP contribution in [0.4, 0.5) is 0 Å². The third-order valence-corrected chi connectivity index (χ3v) is 6.67. The van der Waals surface area contributed by atoms with E-state index in [0.717, 1.165) is 0 Å². The summed E-state index contributed by atoms with van der Waals surface area (Å²) in [5, 5.41) is 83.5. The normalized spacial score (nSPS) is 49.0. The van der Waals surface area contributed by atoms with Crippen molar-refractivity contribution in [2.24, 2.45) is 0 Å². The first kappa shape index (κ1) is 30.5. The molecule has 0 saturated carbocycles. The smallest absolute Gasteiger partial charge is 0.217 e. The lowest BCUT2D eigenvalue weighted by Gasteiger charge is -2.50. The number of carbonyl (C=O) groups is 1. The van der Waals surface area contributed by atoms with E-state index >= 15 is 0 Å². The van der Waals surface area contributed by atoms with Crippen LogP contribution in [0.15, 0.2) is 0 Å². The van der Waals surface area contributed by atoms with Crippen LogP contribution >= 0.6 is 0 Å². The van der Waals surface area contributed by atoms with Crippen molar-refractivity contribution < 1.29 is 74.1 Å². The predicted molar refractivity (Wildman–Crippen MR) is 116 cm³/mol. The van der Waals surface area contributed by atoms with Crippen LogP contribution in [-0.2, 0) is 33.2 Å². The highest BCUT2D eigenvalue weighted by Crippen LogP contribution is 2.33. The van der Waals surface area contributed by atoms with Gasteiger partial charge in [0.25, 0.3) is 0 Å². The Morgan fingerprint density at radius 2 is 1.24 bits per heavy atom. The number of aliphatic hydroxyl groups is 8. The maximum Gasteiger partial charge on any atom is 0.217 e. The van der Waals surface area contributed by atoms with Gasteiger partial charge in [-0.05, 0) is 6.92 Å². The van der Waals surface area contributed by atoms with Gasteiger partial charge in [-0.3, -0.25) is 4.79 Å². The number of carbonyl (C=O) groups excluding carboxylic acids is 1. The minimum Gasteiger partial charge on any atom is -0.394 e. The number of rotatable bonds is 8. The molecule has 216 valence electrons. The molecule has 0 radical (unpaired) electrons.